The van der Waals surface area contributed by atoms with Gasteiger partial charge in [0, 0.05) is 11.7 Å². The zero-order valence-electron chi connectivity index (χ0n) is 10.6. The van der Waals surface area contributed by atoms with E-state index in [0.717, 1.165) is 12.1 Å². The van der Waals surface area contributed by atoms with Gasteiger partial charge < -0.3 is 11.1 Å². The zero-order valence-corrected chi connectivity index (χ0v) is 11.4. The summed E-state index contributed by atoms with van der Waals surface area (Å²) < 4.78 is 13.7. The van der Waals surface area contributed by atoms with Gasteiger partial charge in [-0.05, 0) is 30.9 Å². The van der Waals surface area contributed by atoms with Crippen LogP contribution in [0.4, 0.5) is 10.1 Å². The van der Waals surface area contributed by atoms with E-state index in [4.69, 9.17) is 18.0 Å². The molecule has 2 nitrogen and oxygen atoms in total. The highest BCUT2D eigenvalue weighted by molar-refractivity contribution is 7.80. The van der Waals surface area contributed by atoms with Crippen molar-refractivity contribution in [1.82, 2.24) is 0 Å². The molecule has 0 aliphatic heterocycles. The highest BCUT2D eigenvalue weighted by atomic mass is 32.1. The summed E-state index contributed by atoms with van der Waals surface area (Å²) in [6.45, 7) is 2.23. The number of halogens is 1. The van der Waals surface area contributed by atoms with Crippen LogP contribution in [-0.2, 0) is 0 Å². The Bertz CT molecular complexity index is 447. The minimum Gasteiger partial charge on any atom is -0.389 e. The summed E-state index contributed by atoms with van der Waals surface area (Å²) in [6, 6.07) is 5.31. The standard InChI is InChI=1S/C14H19FN2S/c1-9-5-2-3-7-11(9)17-12-8-4-6-10(15)13(12)14(16)18/h4,6,8-9,11,17H,2-3,5,7H2,1H3,(H2,16,18). The van der Waals surface area contributed by atoms with Gasteiger partial charge in [-0.25, -0.2) is 4.39 Å². The molecule has 1 saturated carbocycles. The molecule has 0 saturated heterocycles. The van der Waals surface area contributed by atoms with Crippen molar-refractivity contribution in [3.63, 3.8) is 0 Å². The van der Waals surface area contributed by atoms with Gasteiger partial charge in [-0.15, -0.1) is 0 Å². The van der Waals surface area contributed by atoms with E-state index in [1.165, 1.54) is 25.3 Å². The van der Waals surface area contributed by atoms with Crippen LogP contribution in [0.1, 0.15) is 38.2 Å². The van der Waals surface area contributed by atoms with Crippen LogP contribution >= 0.6 is 12.2 Å². The Balaban J connectivity index is 2.23. The van der Waals surface area contributed by atoms with Gasteiger partial charge in [0.05, 0.1) is 5.56 Å². The topological polar surface area (TPSA) is 38.0 Å². The van der Waals surface area contributed by atoms with Gasteiger partial charge in [0.2, 0.25) is 0 Å². The number of hydrogen-bond donors (Lipinski definition) is 2. The predicted molar refractivity (Wildman–Crippen MR) is 77.3 cm³/mol. The highest BCUT2D eigenvalue weighted by Gasteiger charge is 2.22. The van der Waals surface area contributed by atoms with Crippen molar-refractivity contribution < 1.29 is 4.39 Å². The third-order valence-electron chi connectivity index (χ3n) is 3.71. The molecule has 0 heterocycles. The quantitative estimate of drug-likeness (QED) is 0.823. The van der Waals surface area contributed by atoms with Gasteiger partial charge in [0.1, 0.15) is 10.8 Å². The fourth-order valence-corrected chi connectivity index (χ4v) is 2.83. The first-order valence-electron chi connectivity index (χ1n) is 6.44. The largest absolute Gasteiger partial charge is 0.389 e. The molecule has 1 aromatic carbocycles. The Hall–Kier alpha value is -1.16. The van der Waals surface area contributed by atoms with Gasteiger partial charge >= 0.3 is 0 Å². The molecule has 0 amide bonds. The fraction of sp³-hybridized carbons (Fsp3) is 0.500. The van der Waals surface area contributed by atoms with Crippen LogP contribution < -0.4 is 11.1 Å². The molecule has 18 heavy (non-hydrogen) atoms. The van der Waals surface area contributed by atoms with Gasteiger partial charge in [0.25, 0.3) is 0 Å². The van der Waals surface area contributed by atoms with Crippen LogP contribution in [0.5, 0.6) is 0 Å². The van der Waals surface area contributed by atoms with Crippen LogP contribution in [0.3, 0.4) is 0 Å². The first-order valence-corrected chi connectivity index (χ1v) is 6.85. The fourth-order valence-electron chi connectivity index (χ4n) is 2.63. The van der Waals surface area contributed by atoms with Crippen LogP contribution in [-0.4, -0.2) is 11.0 Å². The lowest BCUT2D eigenvalue weighted by molar-refractivity contribution is 0.349. The van der Waals surface area contributed by atoms with E-state index in [2.05, 4.69) is 12.2 Å². The van der Waals surface area contributed by atoms with Crippen molar-refractivity contribution in [2.24, 2.45) is 11.7 Å². The number of anilines is 1. The Labute approximate surface area is 113 Å². The predicted octanol–water partition coefficient (Wildman–Crippen LogP) is 3.45. The number of thiocarbonyl (C=S) groups is 1. The Morgan fingerprint density at radius 2 is 2.11 bits per heavy atom. The molecular weight excluding hydrogens is 247 g/mol. The molecule has 1 aliphatic rings. The number of benzene rings is 1. The van der Waals surface area contributed by atoms with Crippen molar-refractivity contribution in [3.8, 4) is 0 Å². The maximum Gasteiger partial charge on any atom is 0.135 e. The van der Waals surface area contributed by atoms with E-state index in [-0.39, 0.29) is 10.8 Å². The third kappa shape index (κ3) is 2.80. The summed E-state index contributed by atoms with van der Waals surface area (Å²) in [7, 11) is 0. The summed E-state index contributed by atoms with van der Waals surface area (Å²) in [5.41, 5.74) is 6.67. The van der Waals surface area contributed by atoms with E-state index >= 15 is 0 Å². The molecule has 2 rings (SSSR count). The van der Waals surface area contributed by atoms with Crippen molar-refractivity contribution >= 4 is 22.9 Å². The molecule has 0 spiro atoms. The number of rotatable bonds is 3. The number of nitrogens with two attached hydrogens (primary N) is 1. The highest BCUT2D eigenvalue weighted by Crippen LogP contribution is 2.28. The normalized spacial score (nSPS) is 23.7. The van der Waals surface area contributed by atoms with Crippen LogP contribution in [0.2, 0.25) is 0 Å². The van der Waals surface area contributed by atoms with Gasteiger partial charge in [-0.3, -0.25) is 0 Å². The molecule has 2 unspecified atom stereocenters. The second-order valence-electron chi connectivity index (χ2n) is 5.04. The number of nitrogens with one attached hydrogen (secondary N) is 1. The van der Waals surface area contributed by atoms with E-state index in [0.29, 0.717) is 17.5 Å². The van der Waals surface area contributed by atoms with Crippen molar-refractivity contribution in [2.45, 2.75) is 38.6 Å². The first-order chi connectivity index (χ1) is 8.59. The Morgan fingerprint density at radius 1 is 1.39 bits per heavy atom. The monoisotopic (exact) mass is 266 g/mol. The molecule has 3 N–H and O–H groups in total. The van der Waals surface area contributed by atoms with Crippen LogP contribution in [0.25, 0.3) is 0 Å². The van der Waals surface area contributed by atoms with Gasteiger partial charge in [0.15, 0.2) is 0 Å². The van der Waals surface area contributed by atoms with E-state index < -0.39 is 0 Å². The average Bonchev–Trinajstić information content (AvgIpc) is 2.31. The average molecular weight is 266 g/mol. The van der Waals surface area contributed by atoms with Crippen molar-refractivity contribution in [1.29, 1.82) is 0 Å². The lowest BCUT2D eigenvalue weighted by Crippen LogP contribution is -2.31. The maximum absolute atomic E-state index is 13.7. The Morgan fingerprint density at radius 3 is 2.78 bits per heavy atom. The molecule has 0 bridgehead atoms. The molecule has 4 heteroatoms. The summed E-state index contributed by atoms with van der Waals surface area (Å²) in [4.78, 5) is 0.110. The molecule has 0 radical (unpaired) electrons. The maximum atomic E-state index is 13.7. The summed E-state index contributed by atoms with van der Waals surface area (Å²) in [5.74, 6) is 0.247. The minimum absolute atomic E-state index is 0.110. The molecule has 1 fully saturated rings. The SMILES string of the molecule is CC1CCCCC1Nc1cccc(F)c1C(N)=S. The molecule has 1 aromatic rings. The molecule has 98 valence electrons. The second kappa shape index (κ2) is 5.65. The second-order valence-corrected chi connectivity index (χ2v) is 5.48. The van der Waals surface area contributed by atoms with Gasteiger partial charge in [-0.2, -0.15) is 0 Å². The molecule has 0 aromatic heterocycles. The smallest absolute Gasteiger partial charge is 0.135 e. The van der Waals surface area contributed by atoms with Crippen LogP contribution in [0, 0.1) is 11.7 Å². The van der Waals surface area contributed by atoms with E-state index in [1.807, 2.05) is 6.07 Å². The van der Waals surface area contributed by atoms with Gasteiger partial charge in [-0.1, -0.05) is 38.0 Å². The summed E-state index contributed by atoms with van der Waals surface area (Å²) in [5, 5.41) is 3.41. The van der Waals surface area contributed by atoms with Crippen molar-refractivity contribution in [2.75, 3.05) is 5.32 Å². The van der Waals surface area contributed by atoms with E-state index in [1.54, 1.807) is 6.07 Å². The molecular formula is C14H19FN2S. The zero-order chi connectivity index (χ0) is 13.1. The van der Waals surface area contributed by atoms with Crippen molar-refractivity contribution in [3.05, 3.63) is 29.6 Å². The summed E-state index contributed by atoms with van der Waals surface area (Å²) in [6.07, 6.45) is 4.84. The van der Waals surface area contributed by atoms with E-state index in [9.17, 15) is 4.39 Å². The number of hydrogen-bond acceptors (Lipinski definition) is 2. The molecule has 1 aliphatic carbocycles. The Kier molecular flexibility index (Phi) is 4.17. The minimum atomic E-state index is -0.351. The molecule has 2 atom stereocenters. The lowest BCUT2D eigenvalue weighted by atomic mass is 9.85. The van der Waals surface area contributed by atoms with Crippen LogP contribution in [0.15, 0.2) is 18.2 Å². The summed E-state index contributed by atoms with van der Waals surface area (Å²) >= 11 is 4.93. The third-order valence-corrected chi connectivity index (χ3v) is 3.92. The first kappa shape index (κ1) is 13.3. The lowest BCUT2D eigenvalue weighted by Gasteiger charge is -2.31.